The molecule has 3 heterocycles. The summed E-state index contributed by atoms with van der Waals surface area (Å²) in [6, 6.07) is 3.14. The zero-order valence-corrected chi connectivity index (χ0v) is 11.6. The Labute approximate surface area is 124 Å². The Morgan fingerprint density at radius 3 is 3.00 bits per heavy atom. The largest absolute Gasteiger partial charge is 0.326 e. The van der Waals surface area contributed by atoms with Gasteiger partial charge in [0, 0.05) is 24.9 Å². The molecule has 3 aromatic rings. The monoisotopic (exact) mass is 301 g/mol. The van der Waals surface area contributed by atoms with Crippen molar-refractivity contribution in [3.63, 3.8) is 0 Å². The third kappa shape index (κ3) is 1.97. The maximum Gasteiger partial charge on any atom is 0.181 e. The Hall–Kier alpha value is -2.41. The number of imidazole rings is 1. The first-order valence-corrected chi connectivity index (χ1v) is 6.99. The third-order valence-corrected chi connectivity index (χ3v) is 4.18. The van der Waals surface area contributed by atoms with Crippen molar-refractivity contribution in [2.24, 2.45) is 5.73 Å². The summed E-state index contributed by atoms with van der Waals surface area (Å²) in [6.07, 6.45) is 3.57. The van der Waals surface area contributed by atoms with Crippen LogP contribution in [-0.4, -0.2) is 25.6 Å². The lowest BCUT2D eigenvalue weighted by molar-refractivity contribution is 0.395. The Kier molecular flexibility index (Phi) is 2.90. The molecule has 2 atom stereocenters. The number of hydrogen-bond donors (Lipinski definition) is 1. The minimum atomic E-state index is -0.464. The molecule has 2 aromatic heterocycles. The summed E-state index contributed by atoms with van der Waals surface area (Å²) in [5, 5.41) is 0. The van der Waals surface area contributed by atoms with E-state index in [0.717, 1.165) is 23.5 Å². The summed E-state index contributed by atoms with van der Waals surface area (Å²) in [7, 11) is 0. The van der Waals surface area contributed by atoms with E-state index < -0.39 is 11.6 Å². The van der Waals surface area contributed by atoms with E-state index in [9.17, 15) is 8.78 Å². The molecule has 1 aromatic carbocycles. The van der Waals surface area contributed by atoms with E-state index in [4.69, 9.17) is 5.73 Å². The van der Waals surface area contributed by atoms with E-state index in [2.05, 4.69) is 15.0 Å². The smallest absolute Gasteiger partial charge is 0.181 e. The Balaban J connectivity index is 1.80. The van der Waals surface area contributed by atoms with Crippen LogP contribution in [0, 0.1) is 11.6 Å². The second kappa shape index (κ2) is 4.81. The minimum absolute atomic E-state index is 0.303. The highest BCUT2D eigenvalue weighted by atomic mass is 19.1. The summed E-state index contributed by atoms with van der Waals surface area (Å²) in [5.41, 5.74) is 7.93. The van der Waals surface area contributed by atoms with Crippen LogP contribution in [0.5, 0.6) is 0 Å². The molecule has 1 unspecified atom stereocenters. The van der Waals surface area contributed by atoms with Gasteiger partial charge in [0.05, 0.1) is 6.20 Å². The molecule has 0 fully saturated rings. The summed E-state index contributed by atoms with van der Waals surface area (Å²) >= 11 is 0. The molecule has 5 nitrogen and oxygen atoms in total. The van der Waals surface area contributed by atoms with Gasteiger partial charge in [-0.05, 0) is 23.8 Å². The van der Waals surface area contributed by atoms with Crippen molar-refractivity contribution in [3.05, 3.63) is 53.7 Å². The highest BCUT2D eigenvalue weighted by Gasteiger charge is 2.31. The minimum Gasteiger partial charge on any atom is -0.326 e. The Morgan fingerprint density at radius 2 is 2.14 bits per heavy atom. The third-order valence-electron chi connectivity index (χ3n) is 4.18. The number of hydrogen-bond acceptors (Lipinski definition) is 4. The zero-order valence-electron chi connectivity index (χ0n) is 11.6. The second-order valence-electron chi connectivity index (χ2n) is 5.51. The van der Waals surface area contributed by atoms with Crippen molar-refractivity contribution < 1.29 is 8.78 Å². The van der Waals surface area contributed by atoms with Gasteiger partial charge < -0.3 is 10.3 Å². The lowest BCUT2D eigenvalue weighted by atomic mass is 9.86. The number of nitrogens with two attached hydrogens (primary N) is 1. The number of rotatable bonds is 1. The van der Waals surface area contributed by atoms with E-state index in [1.54, 1.807) is 6.20 Å². The molecule has 22 heavy (non-hydrogen) atoms. The number of halogens is 2. The number of aromatic nitrogens is 4. The van der Waals surface area contributed by atoms with Gasteiger partial charge in [-0.2, -0.15) is 0 Å². The fraction of sp³-hybridized carbons (Fsp3) is 0.267. The van der Waals surface area contributed by atoms with Crippen LogP contribution < -0.4 is 5.73 Å². The lowest BCUT2D eigenvalue weighted by Gasteiger charge is -2.30. The molecule has 0 bridgehead atoms. The predicted octanol–water partition coefficient (Wildman–Crippen LogP) is 1.77. The summed E-state index contributed by atoms with van der Waals surface area (Å²) in [6.45, 7) is 0.472. The van der Waals surface area contributed by atoms with Gasteiger partial charge in [-0.25, -0.2) is 23.7 Å². The van der Waals surface area contributed by atoms with Crippen molar-refractivity contribution in [2.45, 2.75) is 24.9 Å². The highest BCUT2D eigenvalue weighted by molar-refractivity contribution is 5.70. The molecule has 1 aliphatic heterocycles. The Morgan fingerprint density at radius 1 is 1.27 bits per heavy atom. The molecular formula is C15H13F2N5. The summed E-state index contributed by atoms with van der Waals surface area (Å²) in [4.78, 5) is 12.6. The molecule has 2 N–H and O–H groups in total. The average molecular weight is 301 g/mol. The normalized spacial score (nSPS) is 21.0. The first kappa shape index (κ1) is 13.3. The quantitative estimate of drug-likeness (QED) is 0.743. The number of nitrogens with zero attached hydrogens (tertiary/aromatic N) is 4. The molecule has 0 saturated heterocycles. The first-order chi connectivity index (χ1) is 10.6. The molecule has 0 saturated carbocycles. The molecule has 4 rings (SSSR count). The van der Waals surface area contributed by atoms with Gasteiger partial charge in [0.1, 0.15) is 29.3 Å². The van der Waals surface area contributed by atoms with E-state index in [0.29, 0.717) is 24.2 Å². The van der Waals surface area contributed by atoms with Crippen LogP contribution in [0.2, 0.25) is 0 Å². The maximum atomic E-state index is 14.0. The molecular weight excluding hydrogens is 288 g/mol. The summed E-state index contributed by atoms with van der Waals surface area (Å²) < 4.78 is 29.4. The van der Waals surface area contributed by atoms with Crippen molar-refractivity contribution >= 4 is 11.2 Å². The van der Waals surface area contributed by atoms with E-state index in [-0.39, 0.29) is 12.0 Å². The number of benzene rings is 1. The molecule has 0 aliphatic carbocycles. The van der Waals surface area contributed by atoms with Gasteiger partial charge in [-0.1, -0.05) is 0 Å². The molecule has 7 heteroatoms. The number of fused-ring (bicyclic) bond motifs is 3. The van der Waals surface area contributed by atoms with Crippen LogP contribution in [0.1, 0.15) is 17.3 Å². The van der Waals surface area contributed by atoms with Crippen molar-refractivity contribution in [2.75, 3.05) is 0 Å². The van der Waals surface area contributed by atoms with Gasteiger partial charge >= 0.3 is 0 Å². The topological polar surface area (TPSA) is 69.6 Å². The molecule has 1 aliphatic rings. The molecule has 0 spiro atoms. The van der Waals surface area contributed by atoms with E-state index in [1.807, 2.05) is 4.57 Å². The molecule has 0 radical (unpaired) electrons. The maximum absolute atomic E-state index is 14.0. The fourth-order valence-electron chi connectivity index (χ4n) is 3.10. The van der Waals surface area contributed by atoms with Crippen LogP contribution in [0.4, 0.5) is 8.78 Å². The summed E-state index contributed by atoms with van der Waals surface area (Å²) in [5.74, 6) is -0.446. The molecule has 0 amide bonds. The first-order valence-electron chi connectivity index (χ1n) is 6.99. The van der Waals surface area contributed by atoms with Crippen molar-refractivity contribution in [1.29, 1.82) is 0 Å². The van der Waals surface area contributed by atoms with Crippen LogP contribution in [0.15, 0.2) is 30.7 Å². The highest BCUT2D eigenvalue weighted by Crippen LogP contribution is 2.32. The van der Waals surface area contributed by atoms with Crippen LogP contribution in [0.25, 0.3) is 11.2 Å². The standard InChI is InChI=1S/C15H13F2N5/c16-8-1-2-11(17)9(3-8)10-4-14-21-15-13(5-19-7-20-15)22(14)6-12(10)18/h1-3,5,7,10,12H,4,6,18H2/t10?,12-/m0/s1. The van der Waals surface area contributed by atoms with Crippen LogP contribution >= 0.6 is 0 Å². The van der Waals surface area contributed by atoms with E-state index in [1.165, 1.54) is 12.4 Å². The Bertz CT molecular complexity index is 860. The van der Waals surface area contributed by atoms with Gasteiger partial charge in [0.2, 0.25) is 0 Å². The molecule has 112 valence electrons. The SMILES string of the molecule is N[C@H]1Cn2c(nc3ncncc32)CC1c1cc(F)ccc1F. The zero-order chi connectivity index (χ0) is 15.3. The van der Waals surface area contributed by atoms with Gasteiger partial charge in [-0.15, -0.1) is 0 Å². The van der Waals surface area contributed by atoms with Crippen LogP contribution in [-0.2, 0) is 13.0 Å². The fourth-order valence-corrected chi connectivity index (χ4v) is 3.10. The van der Waals surface area contributed by atoms with Crippen LogP contribution in [0.3, 0.4) is 0 Å². The van der Waals surface area contributed by atoms with Gasteiger partial charge in [-0.3, -0.25) is 0 Å². The van der Waals surface area contributed by atoms with Gasteiger partial charge in [0.15, 0.2) is 5.65 Å². The second-order valence-corrected chi connectivity index (χ2v) is 5.51. The van der Waals surface area contributed by atoms with E-state index >= 15 is 0 Å². The lowest BCUT2D eigenvalue weighted by Crippen LogP contribution is -2.39. The van der Waals surface area contributed by atoms with Crippen molar-refractivity contribution in [1.82, 2.24) is 19.5 Å². The average Bonchev–Trinajstić information content (AvgIpc) is 2.87. The predicted molar refractivity (Wildman–Crippen MR) is 76.1 cm³/mol. The van der Waals surface area contributed by atoms with Gasteiger partial charge in [0.25, 0.3) is 0 Å². The van der Waals surface area contributed by atoms with Crippen molar-refractivity contribution in [3.8, 4) is 0 Å².